The Hall–Kier alpha value is -0.690. The summed E-state index contributed by atoms with van der Waals surface area (Å²) >= 11 is 6.22. The highest BCUT2D eigenvalue weighted by molar-refractivity contribution is 6.21. The van der Waals surface area contributed by atoms with Crippen LogP contribution in [-0.2, 0) is 0 Å². The summed E-state index contributed by atoms with van der Waals surface area (Å²) in [5.74, 6) is 1.32. The van der Waals surface area contributed by atoms with Gasteiger partial charge in [-0.05, 0) is 37.0 Å². The van der Waals surface area contributed by atoms with E-state index in [-0.39, 0.29) is 5.38 Å². The van der Waals surface area contributed by atoms with Crippen molar-refractivity contribution in [2.75, 3.05) is 6.61 Å². The highest BCUT2D eigenvalue weighted by Crippen LogP contribution is 2.26. The molecule has 0 amide bonds. The largest absolute Gasteiger partial charge is 0.494 e. The topological polar surface area (TPSA) is 9.23 Å². The normalized spacial score (nSPS) is 14.7. The molecular formula is C13H19ClO. The summed E-state index contributed by atoms with van der Waals surface area (Å²) in [5.41, 5.74) is 1.28. The van der Waals surface area contributed by atoms with Crippen LogP contribution in [0, 0.1) is 0 Å². The van der Waals surface area contributed by atoms with Crippen molar-refractivity contribution >= 4 is 11.6 Å². The molecule has 0 spiro atoms. The minimum absolute atomic E-state index is 0.211. The van der Waals surface area contributed by atoms with E-state index in [0.29, 0.717) is 12.5 Å². The van der Waals surface area contributed by atoms with Crippen LogP contribution in [0.25, 0.3) is 0 Å². The number of ether oxygens (including phenoxy) is 1. The Morgan fingerprint density at radius 3 is 2.27 bits per heavy atom. The van der Waals surface area contributed by atoms with Gasteiger partial charge in [-0.25, -0.2) is 0 Å². The molecule has 1 aromatic carbocycles. The molecule has 0 aliphatic carbocycles. The average molecular weight is 227 g/mol. The molecule has 2 unspecified atom stereocenters. The molecule has 0 radical (unpaired) electrons. The molecule has 1 rings (SSSR count). The van der Waals surface area contributed by atoms with Gasteiger partial charge >= 0.3 is 0 Å². The molecule has 0 N–H and O–H groups in total. The summed E-state index contributed by atoms with van der Waals surface area (Å²) < 4.78 is 5.39. The molecule has 2 atom stereocenters. The summed E-state index contributed by atoms with van der Waals surface area (Å²) in [6, 6.07) is 8.21. The van der Waals surface area contributed by atoms with Crippen molar-refractivity contribution in [1.29, 1.82) is 0 Å². The maximum atomic E-state index is 6.22. The first-order valence-electron chi connectivity index (χ1n) is 5.55. The summed E-state index contributed by atoms with van der Waals surface area (Å²) in [6.45, 7) is 6.98. The third-order valence-electron chi connectivity index (χ3n) is 2.65. The molecule has 0 aliphatic rings. The smallest absolute Gasteiger partial charge is 0.119 e. The van der Waals surface area contributed by atoms with Crippen LogP contribution in [-0.4, -0.2) is 12.0 Å². The van der Waals surface area contributed by atoms with Crippen molar-refractivity contribution in [3.8, 4) is 5.75 Å². The SMILES string of the molecule is CCOc1ccc(C(C)C(Cl)CC)cc1. The molecule has 0 bridgehead atoms. The molecule has 15 heavy (non-hydrogen) atoms. The van der Waals surface area contributed by atoms with Crippen LogP contribution in [0.1, 0.15) is 38.7 Å². The summed E-state index contributed by atoms with van der Waals surface area (Å²) in [6.07, 6.45) is 0.996. The van der Waals surface area contributed by atoms with E-state index in [1.807, 2.05) is 19.1 Å². The number of halogens is 1. The van der Waals surface area contributed by atoms with Gasteiger partial charge in [-0.15, -0.1) is 11.6 Å². The quantitative estimate of drug-likeness (QED) is 0.684. The van der Waals surface area contributed by atoms with Gasteiger partial charge < -0.3 is 4.74 Å². The van der Waals surface area contributed by atoms with Gasteiger partial charge in [0.1, 0.15) is 5.75 Å². The lowest BCUT2D eigenvalue weighted by atomic mass is 9.96. The number of hydrogen-bond acceptors (Lipinski definition) is 1. The third-order valence-corrected chi connectivity index (χ3v) is 3.34. The van der Waals surface area contributed by atoms with E-state index >= 15 is 0 Å². The van der Waals surface area contributed by atoms with Gasteiger partial charge in [0, 0.05) is 5.38 Å². The first kappa shape index (κ1) is 12.4. The standard InChI is InChI=1S/C13H19ClO/c1-4-13(14)10(3)11-6-8-12(9-7-11)15-5-2/h6-10,13H,4-5H2,1-3H3. The van der Waals surface area contributed by atoms with Gasteiger partial charge in [-0.2, -0.15) is 0 Å². The van der Waals surface area contributed by atoms with Crippen molar-refractivity contribution in [3.05, 3.63) is 29.8 Å². The molecule has 0 aliphatic heterocycles. The Labute approximate surface area is 97.4 Å². The molecule has 1 nitrogen and oxygen atoms in total. The second kappa shape index (κ2) is 6.02. The first-order chi connectivity index (χ1) is 7.19. The highest BCUT2D eigenvalue weighted by Gasteiger charge is 2.14. The van der Waals surface area contributed by atoms with E-state index < -0.39 is 0 Å². The van der Waals surface area contributed by atoms with Crippen LogP contribution in [0.5, 0.6) is 5.75 Å². The van der Waals surface area contributed by atoms with E-state index in [0.717, 1.165) is 12.2 Å². The Kier molecular flexibility index (Phi) is 4.97. The summed E-state index contributed by atoms with van der Waals surface area (Å²) in [5, 5.41) is 0.211. The zero-order valence-corrected chi connectivity index (χ0v) is 10.4. The Morgan fingerprint density at radius 1 is 1.20 bits per heavy atom. The maximum Gasteiger partial charge on any atom is 0.119 e. The van der Waals surface area contributed by atoms with Gasteiger partial charge in [0.15, 0.2) is 0 Å². The van der Waals surface area contributed by atoms with E-state index in [1.165, 1.54) is 5.56 Å². The highest BCUT2D eigenvalue weighted by atomic mass is 35.5. The van der Waals surface area contributed by atoms with E-state index in [9.17, 15) is 0 Å². The predicted octanol–water partition coefficient (Wildman–Crippen LogP) is 4.21. The molecule has 0 saturated carbocycles. The van der Waals surface area contributed by atoms with E-state index in [2.05, 4.69) is 26.0 Å². The predicted molar refractivity (Wildman–Crippen MR) is 66.0 cm³/mol. The van der Waals surface area contributed by atoms with Crippen molar-refractivity contribution in [1.82, 2.24) is 0 Å². The monoisotopic (exact) mass is 226 g/mol. The van der Waals surface area contributed by atoms with Crippen LogP contribution in [0.2, 0.25) is 0 Å². The number of rotatable bonds is 5. The molecule has 84 valence electrons. The van der Waals surface area contributed by atoms with Gasteiger partial charge in [0.2, 0.25) is 0 Å². The molecular weight excluding hydrogens is 208 g/mol. The zero-order chi connectivity index (χ0) is 11.3. The summed E-state index contributed by atoms with van der Waals surface area (Å²) in [4.78, 5) is 0. The molecule has 0 fully saturated rings. The van der Waals surface area contributed by atoms with Crippen LogP contribution in [0.3, 0.4) is 0 Å². The van der Waals surface area contributed by atoms with Crippen LogP contribution >= 0.6 is 11.6 Å². The number of hydrogen-bond donors (Lipinski definition) is 0. The minimum atomic E-state index is 0.211. The van der Waals surface area contributed by atoms with Crippen LogP contribution in [0.4, 0.5) is 0 Å². The van der Waals surface area contributed by atoms with Gasteiger partial charge in [0.05, 0.1) is 6.61 Å². The van der Waals surface area contributed by atoms with E-state index in [4.69, 9.17) is 16.3 Å². The zero-order valence-electron chi connectivity index (χ0n) is 9.66. The van der Waals surface area contributed by atoms with E-state index in [1.54, 1.807) is 0 Å². The Bertz CT molecular complexity index is 281. The minimum Gasteiger partial charge on any atom is -0.494 e. The molecule has 2 heteroatoms. The Morgan fingerprint density at radius 2 is 1.80 bits per heavy atom. The third kappa shape index (κ3) is 3.42. The lowest BCUT2D eigenvalue weighted by Crippen LogP contribution is -2.08. The molecule has 0 aromatic heterocycles. The molecule has 0 heterocycles. The van der Waals surface area contributed by atoms with Crippen molar-refractivity contribution in [2.45, 2.75) is 38.5 Å². The maximum absolute atomic E-state index is 6.22. The van der Waals surface area contributed by atoms with Crippen molar-refractivity contribution in [3.63, 3.8) is 0 Å². The number of alkyl halides is 1. The molecule has 0 saturated heterocycles. The fourth-order valence-electron chi connectivity index (χ4n) is 1.60. The second-order valence-electron chi connectivity index (χ2n) is 3.71. The number of benzene rings is 1. The van der Waals surface area contributed by atoms with Crippen molar-refractivity contribution < 1.29 is 4.74 Å². The second-order valence-corrected chi connectivity index (χ2v) is 4.28. The van der Waals surface area contributed by atoms with Crippen LogP contribution in [0.15, 0.2) is 24.3 Å². The fraction of sp³-hybridized carbons (Fsp3) is 0.538. The van der Waals surface area contributed by atoms with Gasteiger partial charge in [-0.3, -0.25) is 0 Å². The fourth-order valence-corrected chi connectivity index (χ4v) is 1.74. The average Bonchev–Trinajstić information content (AvgIpc) is 2.28. The summed E-state index contributed by atoms with van der Waals surface area (Å²) in [7, 11) is 0. The van der Waals surface area contributed by atoms with Crippen molar-refractivity contribution in [2.24, 2.45) is 0 Å². The lowest BCUT2D eigenvalue weighted by Gasteiger charge is -2.17. The van der Waals surface area contributed by atoms with Gasteiger partial charge in [-0.1, -0.05) is 26.0 Å². The lowest BCUT2D eigenvalue weighted by molar-refractivity contribution is 0.340. The van der Waals surface area contributed by atoms with Crippen LogP contribution < -0.4 is 4.74 Å². The first-order valence-corrected chi connectivity index (χ1v) is 5.99. The van der Waals surface area contributed by atoms with Gasteiger partial charge in [0.25, 0.3) is 0 Å². The molecule has 1 aromatic rings. The Balaban J connectivity index is 2.70.